The number of pyridine rings is 1. The Bertz CT molecular complexity index is 1040. The Morgan fingerprint density at radius 1 is 1.10 bits per heavy atom. The van der Waals surface area contributed by atoms with Gasteiger partial charge in [0.1, 0.15) is 17.2 Å². The summed E-state index contributed by atoms with van der Waals surface area (Å²) < 4.78 is 11.3. The molecule has 1 unspecified atom stereocenters. The Hall–Kier alpha value is -3.65. The van der Waals surface area contributed by atoms with Gasteiger partial charge in [0.2, 0.25) is 0 Å². The molecule has 0 aliphatic heterocycles. The Labute approximate surface area is 173 Å². The van der Waals surface area contributed by atoms with Crippen LogP contribution in [-0.4, -0.2) is 35.3 Å². The summed E-state index contributed by atoms with van der Waals surface area (Å²) in [4.78, 5) is 28.7. The highest BCUT2D eigenvalue weighted by Crippen LogP contribution is 2.25. The third kappa shape index (κ3) is 4.84. The standard InChI is InChI=1S/C22H23N3O5/c1-3-6-20(30-15-11-9-14(10-12-15)21(26)25-28)24-22(27)18-13-19(29-2)16-7-4-5-8-17(16)23-18/h4-5,7-13,20,28H,3,6H2,1-2H3,(H,24,27)(H,25,26). The molecule has 3 N–H and O–H groups in total. The third-order valence-electron chi connectivity index (χ3n) is 4.47. The first kappa shape index (κ1) is 21.1. The number of rotatable bonds is 8. The van der Waals surface area contributed by atoms with Crippen molar-refractivity contribution in [1.82, 2.24) is 15.8 Å². The fraction of sp³-hybridized carbons (Fsp3) is 0.227. The molecule has 8 heteroatoms. The summed E-state index contributed by atoms with van der Waals surface area (Å²) >= 11 is 0. The highest BCUT2D eigenvalue weighted by Gasteiger charge is 2.18. The number of carbonyl (C=O) groups excluding carboxylic acids is 2. The number of amides is 2. The second kappa shape index (κ2) is 9.71. The summed E-state index contributed by atoms with van der Waals surface area (Å²) in [6.07, 6.45) is 0.777. The van der Waals surface area contributed by atoms with Gasteiger partial charge in [-0.05, 0) is 36.4 Å². The number of methoxy groups -OCH3 is 1. The van der Waals surface area contributed by atoms with E-state index in [2.05, 4.69) is 10.3 Å². The molecule has 0 aliphatic rings. The van der Waals surface area contributed by atoms with Crippen molar-refractivity contribution < 1.29 is 24.3 Å². The number of para-hydroxylation sites is 1. The molecule has 156 valence electrons. The number of nitrogens with zero attached hydrogens (tertiary/aromatic N) is 1. The molecule has 2 amide bonds. The van der Waals surface area contributed by atoms with E-state index in [0.29, 0.717) is 23.4 Å². The molecule has 1 heterocycles. The molecule has 1 atom stereocenters. The van der Waals surface area contributed by atoms with E-state index in [0.717, 1.165) is 11.8 Å². The number of carbonyl (C=O) groups is 2. The largest absolute Gasteiger partial charge is 0.496 e. The van der Waals surface area contributed by atoms with Crippen molar-refractivity contribution in [2.45, 2.75) is 26.0 Å². The molecule has 3 aromatic rings. The van der Waals surface area contributed by atoms with Crippen molar-refractivity contribution in [3.63, 3.8) is 0 Å². The fourth-order valence-corrected chi connectivity index (χ4v) is 2.99. The molecule has 2 aromatic carbocycles. The number of benzene rings is 2. The van der Waals surface area contributed by atoms with Crippen molar-refractivity contribution in [3.8, 4) is 11.5 Å². The van der Waals surface area contributed by atoms with Crippen LogP contribution < -0.4 is 20.3 Å². The maximum absolute atomic E-state index is 12.8. The van der Waals surface area contributed by atoms with Crippen LogP contribution in [0.1, 0.15) is 40.6 Å². The Kier molecular flexibility index (Phi) is 6.82. The molecular formula is C22H23N3O5. The summed E-state index contributed by atoms with van der Waals surface area (Å²) in [7, 11) is 1.55. The topological polar surface area (TPSA) is 110 Å². The van der Waals surface area contributed by atoms with Gasteiger partial charge in [-0.25, -0.2) is 10.5 Å². The highest BCUT2D eigenvalue weighted by atomic mass is 16.5. The lowest BCUT2D eigenvalue weighted by Gasteiger charge is -2.20. The molecule has 0 aliphatic carbocycles. The average Bonchev–Trinajstić information content (AvgIpc) is 2.78. The van der Waals surface area contributed by atoms with Gasteiger partial charge >= 0.3 is 0 Å². The number of ether oxygens (including phenoxy) is 2. The van der Waals surface area contributed by atoms with E-state index in [1.807, 2.05) is 31.2 Å². The SMILES string of the molecule is CCCC(NC(=O)c1cc(OC)c2ccccc2n1)Oc1ccc(C(=O)NO)cc1. The lowest BCUT2D eigenvalue weighted by molar-refractivity contribution is 0.0706. The third-order valence-corrected chi connectivity index (χ3v) is 4.47. The first-order valence-electron chi connectivity index (χ1n) is 9.51. The van der Waals surface area contributed by atoms with E-state index >= 15 is 0 Å². The maximum atomic E-state index is 12.8. The highest BCUT2D eigenvalue weighted by molar-refractivity contribution is 5.97. The van der Waals surface area contributed by atoms with Gasteiger partial charge in [-0.15, -0.1) is 0 Å². The number of fused-ring (bicyclic) bond motifs is 1. The molecule has 0 spiro atoms. The number of hydrogen-bond acceptors (Lipinski definition) is 6. The van der Waals surface area contributed by atoms with E-state index in [1.54, 1.807) is 30.8 Å². The quantitative estimate of drug-likeness (QED) is 0.299. The smallest absolute Gasteiger partial charge is 0.274 e. The summed E-state index contributed by atoms with van der Waals surface area (Å²) in [5.41, 5.74) is 2.75. The van der Waals surface area contributed by atoms with Crippen molar-refractivity contribution in [1.29, 1.82) is 0 Å². The van der Waals surface area contributed by atoms with Crippen LogP contribution in [0.25, 0.3) is 10.9 Å². The van der Waals surface area contributed by atoms with Crippen LogP contribution in [0.2, 0.25) is 0 Å². The predicted molar refractivity (Wildman–Crippen MR) is 111 cm³/mol. The first-order chi connectivity index (χ1) is 14.5. The van der Waals surface area contributed by atoms with Crippen LogP contribution in [0.15, 0.2) is 54.6 Å². The van der Waals surface area contributed by atoms with Gasteiger partial charge in [0.15, 0.2) is 6.23 Å². The van der Waals surface area contributed by atoms with Crippen LogP contribution in [0.3, 0.4) is 0 Å². The molecule has 30 heavy (non-hydrogen) atoms. The number of nitrogens with one attached hydrogen (secondary N) is 2. The molecule has 8 nitrogen and oxygen atoms in total. The molecule has 0 bridgehead atoms. The van der Waals surface area contributed by atoms with Crippen LogP contribution >= 0.6 is 0 Å². The number of aromatic nitrogens is 1. The molecule has 0 radical (unpaired) electrons. The summed E-state index contributed by atoms with van der Waals surface area (Å²) in [6, 6.07) is 15.2. The van der Waals surface area contributed by atoms with Gasteiger partial charge in [0.05, 0.1) is 12.6 Å². The van der Waals surface area contributed by atoms with Crippen molar-refractivity contribution in [2.24, 2.45) is 0 Å². The van der Waals surface area contributed by atoms with Crippen molar-refractivity contribution >= 4 is 22.7 Å². The Morgan fingerprint density at radius 2 is 1.83 bits per heavy atom. The van der Waals surface area contributed by atoms with E-state index < -0.39 is 12.1 Å². The number of hydroxylamine groups is 1. The summed E-state index contributed by atoms with van der Waals surface area (Å²) in [5.74, 6) is 0.0498. The number of hydrogen-bond donors (Lipinski definition) is 3. The Morgan fingerprint density at radius 3 is 2.50 bits per heavy atom. The van der Waals surface area contributed by atoms with E-state index in [-0.39, 0.29) is 17.2 Å². The molecule has 3 rings (SSSR count). The van der Waals surface area contributed by atoms with E-state index in [1.165, 1.54) is 12.1 Å². The summed E-state index contributed by atoms with van der Waals surface area (Å²) in [6.45, 7) is 1.98. The molecule has 0 saturated heterocycles. The zero-order chi connectivity index (χ0) is 21.5. The minimum absolute atomic E-state index is 0.227. The van der Waals surface area contributed by atoms with Crippen LogP contribution in [0.4, 0.5) is 0 Å². The lowest BCUT2D eigenvalue weighted by atomic mass is 10.1. The molecular weight excluding hydrogens is 386 g/mol. The van der Waals surface area contributed by atoms with Crippen molar-refractivity contribution in [2.75, 3.05) is 7.11 Å². The maximum Gasteiger partial charge on any atom is 0.274 e. The van der Waals surface area contributed by atoms with Gasteiger partial charge in [-0.1, -0.05) is 25.5 Å². The predicted octanol–water partition coefficient (Wildman–Crippen LogP) is 3.30. The minimum Gasteiger partial charge on any atom is -0.496 e. The van der Waals surface area contributed by atoms with Crippen molar-refractivity contribution in [3.05, 3.63) is 65.9 Å². The second-order valence-corrected chi connectivity index (χ2v) is 6.56. The van der Waals surface area contributed by atoms with Gasteiger partial charge in [-0.2, -0.15) is 0 Å². The van der Waals surface area contributed by atoms with Gasteiger partial charge in [0, 0.05) is 23.4 Å². The zero-order valence-corrected chi connectivity index (χ0v) is 16.7. The normalized spacial score (nSPS) is 11.6. The van der Waals surface area contributed by atoms with Gasteiger partial charge in [-0.3, -0.25) is 14.8 Å². The molecule has 0 fully saturated rings. The van der Waals surface area contributed by atoms with Crippen LogP contribution in [0, 0.1) is 0 Å². The molecule has 0 saturated carbocycles. The lowest BCUT2D eigenvalue weighted by Crippen LogP contribution is -2.39. The fourth-order valence-electron chi connectivity index (χ4n) is 2.99. The van der Waals surface area contributed by atoms with Gasteiger partial charge < -0.3 is 14.8 Å². The second-order valence-electron chi connectivity index (χ2n) is 6.56. The van der Waals surface area contributed by atoms with E-state index in [4.69, 9.17) is 14.7 Å². The van der Waals surface area contributed by atoms with Gasteiger partial charge in [0.25, 0.3) is 11.8 Å². The zero-order valence-electron chi connectivity index (χ0n) is 16.7. The first-order valence-corrected chi connectivity index (χ1v) is 9.51. The minimum atomic E-state index is -0.615. The average molecular weight is 409 g/mol. The van der Waals surface area contributed by atoms with Crippen LogP contribution in [-0.2, 0) is 0 Å². The Balaban J connectivity index is 1.77. The summed E-state index contributed by atoms with van der Waals surface area (Å²) in [5, 5.41) is 12.4. The monoisotopic (exact) mass is 409 g/mol. The molecule has 1 aromatic heterocycles. The van der Waals surface area contributed by atoms with E-state index in [9.17, 15) is 9.59 Å². The van der Waals surface area contributed by atoms with Crippen LogP contribution in [0.5, 0.6) is 11.5 Å².